The number of hydrogen-bond acceptors (Lipinski definition) is 4. The maximum Gasteiger partial charge on any atom is 0.274 e. The van der Waals surface area contributed by atoms with E-state index in [1.807, 2.05) is 13.0 Å². The Kier molecular flexibility index (Phi) is 4.77. The van der Waals surface area contributed by atoms with E-state index in [-0.39, 0.29) is 12.0 Å². The zero-order valence-electron chi connectivity index (χ0n) is 15.6. The molecule has 0 bridgehead atoms. The standard InChI is InChI=1S/C22H16F2N4O/c1-2-19-17(16-8-7-15(23)9-18(16)24)10-21-26-20(11-22(29)28(21)27-19)14-5-3-13(12-25)4-6-14/h3-9,11,17H,2,10H2,1H3. The second-order valence-corrected chi connectivity index (χ2v) is 6.76. The first-order valence-corrected chi connectivity index (χ1v) is 9.16. The van der Waals surface area contributed by atoms with E-state index < -0.39 is 17.6 Å². The van der Waals surface area contributed by atoms with E-state index >= 15 is 0 Å². The molecule has 0 amide bonds. The predicted molar refractivity (Wildman–Crippen MR) is 105 cm³/mol. The Morgan fingerprint density at radius 3 is 2.59 bits per heavy atom. The third kappa shape index (κ3) is 3.45. The summed E-state index contributed by atoms with van der Waals surface area (Å²) in [5.74, 6) is -1.31. The highest BCUT2D eigenvalue weighted by atomic mass is 19.1. The lowest BCUT2D eigenvalue weighted by Crippen LogP contribution is -2.31. The van der Waals surface area contributed by atoms with Crippen LogP contribution < -0.4 is 5.56 Å². The summed E-state index contributed by atoms with van der Waals surface area (Å²) >= 11 is 0. The zero-order chi connectivity index (χ0) is 20.5. The van der Waals surface area contributed by atoms with E-state index in [2.05, 4.69) is 10.1 Å². The smallest absolute Gasteiger partial charge is 0.267 e. The van der Waals surface area contributed by atoms with Crippen molar-refractivity contribution in [3.05, 3.63) is 87.5 Å². The molecule has 0 aliphatic carbocycles. The van der Waals surface area contributed by atoms with Gasteiger partial charge in [-0.25, -0.2) is 13.8 Å². The summed E-state index contributed by atoms with van der Waals surface area (Å²) < 4.78 is 29.0. The number of rotatable bonds is 3. The molecule has 7 heteroatoms. The fraction of sp³-hybridized carbons (Fsp3) is 0.182. The van der Waals surface area contributed by atoms with Gasteiger partial charge in [-0.05, 0) is 30.2 Å². The molecular weight excluding hydrogens is 374 g/mol. The van der Waals surface area contributed by atoms with Crippen LogP contribution in [0.3, 0.4) is 0 Å². The molecule has 0 saturated carbocycles. The number of aromatic nitrogens is 2. The lowest BCUT2D eigenvalue weighted by atomic mass is 9.88. The van der Waals surface area contributed by atoms with E-state index in [1.54, 1.807) is 24.3 Å². The quantitative estimate of drug-likeness (QED) is 0.678. The molecule has 3 aromatic rings. The average molecular weight is 390 g/mol. The Morgan fingerprint density at radius 1 is 1.17 bits per heavy atom. The molecule has 0 radical (unpaired) electrons. The van der Waals surface area contributed by atoms with Gasteiger partial charge >= 0.3 is 0 Å². The van der Waals surface area contributed by atoms with Gasteiger partial charge in [-0.1, -0.05) is 25.1 Å². The van der Waals surface area contributed by atoms with Crippen LogP contribution in [0.2, 0.25) is 0 Å². The average Bonchev–Trinajstić information content (AvgIpc) is 2.73. The first kappa shape index (κ1) is 18.7. The highest BCUT2D eigenvalue weighted by Gasteiger charge is 2.28. The predicted octanol–water partition coefficient (Wildman–Crippen LogP) is 4.01. The van der Waals surface area contributed by atoms with Crippen molar-refractivity contribution in [2.75, 3.05) is 0 Å². The summed E-state index contributed by atoms with van der Waals surface area (Å²) in [6.45, 7) is 1.88. The van der Waals surface area contributed by atoms with E-state index in [0.717, 1.165) is 6.07 Å². The van der Waals surface area contributed by atoms with Crippen molar-refractivity contribution in [2.45, 2.75) is 25.7 Å². The highest BCUT2D eigenvalue weighted by Crippen LogP contribution is 2.30. The molecule has 1 atom stereocenters. The van der Waals surface area contributed by atoms with Crippen LogP contribution in [0.4, 0.5) is 8.78 Å². The van der Waals surface area contributed by atoms with Crippen LogP contribution in [0.5, 0.6) is 0 Å². The number of hydrogen-bond donors (Lipinski definition) is 0. The van der Waals surface area contributed by atoms with Crippen LogP contribution in [0.1, 0.15) is 36.2 Å². The summed E-state index contributed by atoms with van der Waals surface area (Å²) in [4.78, 5) is 17.2. The maximum absolute atomic E-state index is 14.4. The topological polar surface area (TPSA) is 71.0 Å². The molecule has 0 fully saturated rings. The Hall–Kier alpha value is -3.66. The minimum atomic E-state index is -0.644. The lowest BCUT2D eigenvalue weighted by Gasteiger charge is -2.25. The summed E-state index contributed by atoms with van der Waals surface area (Å²) in [6, 6.07) is 13.7. The minimum Gasteiger partial charge on any atom is -0.267 e. The van der Waals surface area contributed by atoms with E-state index in [9.17, 15) is 13.6 Å². The first-order chi connectivity index (χ1) is 14.0. The summed E-state index contributed by atoms with van der Waals surface area (Å²) in [5, 5.41) is 13.3. The van der Waals surface area contributed by atoms with Crippen molar-refractivity contribution < 1.29 is 8.78 Å². The number of halogens is 2. The molecule has 1 aliphatic rings. The van der Waals surface area contributed by atoms with Gasteiger partial charge in [0.25, 0.3) is 5.56 Å². The van der Waals surface area contributed by atoms with E-state index in [4.69, 9.17) is 5.26 Å². The second-order valence-electron chi connectivity index (χ2n) is 6.76. The second kappa shape index (κ2) is 7.40. The van der Waals surface area contributed by atoms with Crippen molar-refractivity contribution in [1.29, 1.82) is 5.26 Å². The van der Waals surface area contributed by atoms with Crippen molar-refractivity contribution >= 4 is 5.71 Å². The molecule has 2 aromatic carbocycles. The van der Waals surface area contributed by atoms with Gasteiger partial charge in [-0.3, -0.25) is 4.79 Å². The third-order valence-electron chi connectivity index (χ3n) is 4.99. The molecule has 4 rings (SSSR count). The van der Waals surface area contributed by atoms with Crippen LogP contribution in [0, 0.1) is 23.0 Å². The normalized spacial score (nSPS) is 15.4. The SMILES string of the molecule is CCC1=Nn2c(nc(-c3ccc(C#N)cc3)cc2=O)CC1c1ccc(F)cc1F. The Bertz CT molecular complexity index is 1220. The van der Waals surface area contributed by atoms with Gasteiger partial charge in [0.15, 0.2) is 0 Å². The van der Waals surface area contributed by atoms with Crippen molar-refractivity contribution in [1.82, 2.24) is 9.66 Å². The molecule has 144 valence electrons. The van der Waals surface area contributed by atoms with E-state index in [0.29, 0.717) is 40.3 Å². The van der Waals surface area contributed by atoms with Crippen molar-refractivity contribution in [3.63, 3.8) is 0 Å². The zero-order valence-corrected chi connectivity index (χ0v) is 15.6. The first-order valence-electron chi connectivity index (χ1n) is 9.16. The van der Waals surface area contributed by atoms with Gasteiger partial charge in [-0.2, -0.15) is 15.0 Å². The van der Waals surface area contributed by atoms with Gasteiger partial charge in [0.1, 0.15) is 17.5 Å². The number of fused-ring (bicyclic) bond motifs is 1. The molecule has 5 nitrogen and oxygen atoms in total. The fourth-order valence-corrected chi connectivity index (χ4v) is 3.52. The summed E-state index contributed by atoms with van der Waals surface area (Å²) in [7, 11) is 0. The van der Waals surface area contributed by atoms with Crippen LogP contribution in [-0.2, 0) is 6.42 Å². The third-order valence-corrected chi connectivity index (χ3v) is 4.99. The number of nitriles is 1. The molecule has 29 heavy (non-hydrogen) atoms. The van der Waals surface area contributed by atoms with Gasteiger partial charge in [0.2, 0.25) is 0 Å². The molecule has 1 aliphatic heterocycles. The van der Waals surface area contributed by atoms with Crippen molar-refractivity contribution in [3.8, 4) is 17.3 Å². The van der Waals surface area contributed by atoms with Gasteiger partial charge in [-0.15, -0.1) is 0 Å². The number of benzene rings is 2. The monoisotopic (exact) mass is 390 g/mol. The fourth-order valence-electron chi connectivity index (χ4n) is 3.52. The van der Waals surface area contributed by atoms with Crippen molar-refractivity contribution in [2.24, 2.45) is 5.10 Å². The lowest BCUT2D eigenvalue weighted by molar-refractivity contribution is 0.556. The summed E-state index contributed by atoms with van der Waals surface area (Å²) in [6.07, 6.45) is 0.791. The molecule has 0 saturated heterocycles. The number of nitrogens with zero attached hydrogens (tertiary/aromatic N) is 4. The maximum atomic E-state index is 14.4. The minimum absolute atomic E-state index is 0.272. The van der Waals surface area contributed by atoms with Gasteiger partial charge in [0, 0.05) is 35.7 Å². The Labute approximate surface area is 165 Å². The van der Waals surface area contributed by atoms with Crippen LogP contribution in [0.15, 0.2) is 58.4 Å². The molecule has 1 aromatic heterocycles. The largest absolute Gasteiger partial charge is 0.274 e. The van der Waals surface area contributed by atoms with Gasteiger partial charge in [0.05, 0.1) is 17.3 Å². The summed E-state index contributed by atoms with van der Waals surface area (Å²) in [5.41, 5.74) is 2.29. The molecule has 0 N–H and O–H groups in total. The highest BCUT2D eigenvalue weighted by molar-refractivity contribution is 5.91. The molecule has 0 spiro atoms. The van der Waals surface area contributed by atoms with Crippen LogP contribution in [-0.4, -0.2) is 15.4 Å². The molecular formula is C22H16F2N4O. The molecule has 1 unspecified atom stereocenters. The van der Waals surface area contributed by atoms with E-state index in [1.165, 1.54) is 22.9 Å². The van der Waals surface area contributed by atoms with Gasteiger partial charge < -0.3 is 0 Å². The van der Waals surface area contributed by atoms with Crippen LogP contribution >= 0.6 is 0 Å². The Morgan fingerprint density at radius 2 is 1.93 bits per heavy atom. The molecule has 2 heterocycles. The van der Waals surface area contributed by atoms with Crippen LogP contribution in [0.25, 0.3) is 11.3 Å². The Balaban J connectivity index is 1.80.